The molecule has 15 heteroatoms. The molecule has 6 rings (SSSR count). The van der Waals surface area contributed by atoms with Crippen molar-refractivity contribution >= 4 is 40.8 Å². The van der Waals surface area contributed by atoms with E-state index < -0.39 is 30.3 Å². The fraction of sp³-hybridized carbons (Fsp3) is 0.425. The highest BCUT2D eigenvalue weighted by molar-refractivity contribution is 5.94. The molecule has 2 fully saturated rings. The number of H-pyrrole nitrogens is 2. The molecule has 0 spiro atoms. The molecule has 2 aliphatic heterocycles. The summed E-state index contributed by atoms with van der Waals surface area (Å²) in [6, 6.07) is 10.9. The zero-order valence-corrected chi connectivity index (χ0v) is 31.8. The molecule has 2 aliphatic rings. The molecule has 2 aromatic heterocycles. The summed E-state index contributed by atoms with van der Waals surface area (Å²) in [5.41, 5.74) is 4.55. The van der Waals surface area contributed by atoms with Gasteiger partial charge in [-0.1, -0.05) is 51.7 Å². The minimum Gasteiger partial charge on any atom is -0.453 e. The Morgan fingerprint density at radius 3 is 2.07 bits per heavy atom. The number of imidazole rings is 2. The van der Waals surface area contributed by atoms with Crippen molar-refractivity contribution in [2.75, 3.05) is 27.3 Å². The maximum absolute atomic E-state index is 13.5. The molecule has 0 radical (unpaired) electrons. The van der Waals surface area contributed by atoms with Crippen molar-refractivity contribution in [2.45, 2.75) is 71.1 Å². The van der Waals surface area contributed by atoms with Gasteiger partial charge >= 0.3 is 12.2 Å². The Hall–Kier alpha value is -6.17. The Balaban J connectivity index is 1.13. The van der Waals surface area contributed by atoms with Crippen LogP contribution < -0.4 is 10.6 Å². The van der Waals surface area contributed by atoms with Crippen molar-refractivity contribution in [1.29, 1.82) is 0 Å². The first-order valence-electron chi connectivity index (χ1n) is 18.4. The summed E-state index contributed by atoms with van der Waals surface area (Å²) in [6.07, 6.45) is 2.17. The number of rotatable bonds is 9. The molecule has 4 aromatic rings. The molecule has 2 saturated heterocycles. The van der Waals surface area contributed by atoms with E-state index in [1.807, 2.05) is 76.4 Å². The maximum atomic E-state index is 13.5. The zero-order chi connectivity index (χ0) is 39.4. The summed E-state index contributed by atoms with van der Waals surface area (Å²) in [6.45, 7) is 7.90. The van der Waals surface area contributed by atoms with Gasteiger partial charge in [-0.15, -0.1) is 0 Å². The lowest BCUT2D eigenvalue weighted by atomic mass is 10.0. The minimum atomic E-state index is -0.861. The summed E-state index contributed by atoms with van der Waals surface area (Å²) >= 11 is 0. The number of hydrogen-bond acceptors (Lipinski definition) is 9. The first-order chi connectivity index (χ1) is 26.4. The lowest BCUT2D eigenvalue weighted by Gasteiger charge is -2.29. The number of benzene rings is 2. The van der Waals surface area contributed by atoms with Crippen LogP contribution in [0.4, 0.5) is 9.59 Å². The predicted molar refractivity (Wildman–Crippen MR) is 202 cm³/mol. The topological polar surface area (TPSA) is 192 Å². The maximum Gasteiger partial charge on any atom is 0.407 e. The number of amides is 4. The number of ketones is 1. The van der Waals surface area contributed by atoms with Crippen molar-refractivity contribution in [3.63, 3.8) is 0 Å². The number of aromatic amines is 2. The molecule has 55 heavy (non-hydrogen) atoms. The van der Waals surface area contributed by atoms with E-state index in [1.54, 1.807) is 4.90 Å². The first-order valence-corrected chi connectivity index (χ1v) is 18.4. The van der Waals surface area contributed by atoms with Crippen molar-refractivity contribution in [3.05, 3.63) is 71.4 Å². The SMILES string of the molecule is COC(=O)N[C@H](C(=O)N1CCC[C@H]1c1nc(-c2ccc(C#Cc3ccc4[nH]c([C@@H]5CC(=O)CN5C(=O)[C@@H](NC(=O)OC)C(C)C)nc4c3)cc2)c[nH]1)C(C)C. The van der Waals surface area contributed by atoms with Crippen LogP contribution in [0.1, 0.15) is 81.8 Å². The van der Waals surface area contributed by atoms with Gasteiger partial charge in [0.1, 0.15) is 23.7 Å². The van der Waals surface area contributed by atoms with E-state index in [0.29, 0.717) is 23.7 Å². The van der Waals surface area contributed by atoms with Crippen LogP contribution in [0.5, 0.6) is 0 Å². The molecule has 0 unspecified atom stereocenters. The van der Waals surface area contributed by atoms with Gasteiger partial charge in [0.05, 0.1) is 49.6 Å². The Labute approximate surface area is 318 Å². The van der Waals surface area contributed by atoms with Gasteiger partial charge in [-0.05, 0) is 55.0 Å². The average molecular weight is 751 g/mol. The monoisotopic (exact) mass is 750 g/mol. The van der Waals surface area contributed by atoms with Gasteiger partial charge < -0.3 is 39.9 Å². The molecule has 288 valence electrons. The third kappa shape index (κ3) is 8.48. The second kappa shape index (κ2) is 16.5. The van der Waals surface area contributed by atoms with Crippen LogP contribution in [-0.2, 0) is 23.9 Å². The summed E-state index contributed by atoms with van der Waals surface area (Å²) in [4.78, 5) is 82.8. The van der Waals surface area contributed by atoms with E-state index in [0.717, 1.165) is 40.7 Å². The number of alkyl carbamates (subject to hydrolysis) is 2. The minimum absolute atomic E-state index is 0.0694. The molecule has 4 heterocycles. The van der Waals surface area contributed by atoms with E-state index in [2.05, 4.69) is 32.4 Å². The van der Waals surface area contributed by atoms with Crippen LogP contribution in [0.2, 0.25) is 0 Å². The van der Waals surface area contributed by atoms with E-state index in [1.165, 1.54) is 19.1 Å². The van der Waals surface area contributed by atoms with E-state index in [9.17, 15) is 24.0 Å². The molecule has 0 aliphatic carbocycles. The van der Waals surface area contributed by atoms with Crippen molar-refractivity contribution in [1.82, 2.24) is 40.4 Å². The number of carbonyl (C=O) groups excluding carboxylic acids is 5. The van der Waals surface area contributed by atoms with Crippen molar-refractivity contribution in [2.24, 2.45) is 11.8 Å². The fourth-order valence-electron chi connectivity index (χ4n) is 7.02. The molecule has 0 saturated carbocycles. The van der Waals surface area contributed by atoms with Crippen LogP contribution in [0.15, 0.2) is 48.7 Å². The van der Waals surface area contributed by atoms with Gasteiger partial charge in [-0.25, -0.2) is 19.6 Å². The highest BCUT2D eigenvalue weighted by Crippen LogP contribution is 2.33. The number of nitrogens with one attached hydrogen (secondary N) is 4. The van der Waals surface area contributed by atoms with Crippen LogP contribution >= 0.6 is 0 Å². The number of nitrogens with zero attached hydrogens (tertiary/aromatic N) is 4. The van der Waals surface area contributed by atoms with Crippen molar-refractivity contribution in [3.8, 4) is 23.1 Å². The summed E-state index contributed by atoms with van der Waals surface area (Å²) in [5, 5.41) is 5.27. The summed E-state index contributed by atoms with van der Waals surface area (Å²) in [7, 11) is 2.51. The Morgan fingerprint density at radius 1 is 0.818 bits per heavy atom. The standard InChI is InChI=1S/C40H46N8O7/c1-22(2)33(45-39(52)54-5)37(50)47-17-7-8-31(47)35-41-20-30(44-35)26-14-11-24(12-15-26)9-10-25-13-16-28-29(18-25)43-36(42-28)32-19-27(49)21-48(32)38(51)34(23(3)4)46-40(53)55-6/h11-16,18,20,22-23,31-34H,7-8,17,19,21H2,1-6H3,(H,41,44)(H,42,43)(H,45,52)(H,46,53)/t31-,32-,33-,34-/m0/s1. The zero-order valence-electron chi connectivity index (χ0n) is 31.8. The fourth-order valence-corrected chi connectivity index (χ4v) is 7.02. The number of likely N-dealkylation sites (tertiary alicyclic amines) is 2. The van der Waals surface area contributed by atoms with Crippen LogP contribution in [0.25, 0.3) is 22.3 Å². The Morgan fingerprint density at radius 2 is 1.44 bits per heavy atom. The Bertz CT molecular complexity index is 2140. The molecule has 4 N–H and O–H groups in total. The number of hydrogen-bond donors (Lipinski definition) is 4. The largest absolute Gasteiger partial charge is 0.453 e. The molecule has 4 amide bonds. The van der Waals surface area contributed by atoms with Gasteiger partial charge in [0.25, 0.3) is 0 Å². The predicted octanol–water partition coefficient (Wildman–Crippen LogP) is 4.62. The second-order valence-corrected chi connectivity index (χ2v) is 14.5. The normalized spacial score (nSPS) is 17.9. The Kier molecular flexibility index (Phi) is 11.5. The van der Waals surface area contributed by atoms with Crippen molar-refractivity contribution < 1.29 is 33.4 Å². The smallest absolute Gasteiger partial charge is 0.407 e. The molecule has 2 aromatic carbocycles. The average Bonchev–Trinajstić information content (AvgIpc) is 4.00. The number of fused-ring (bicyclic) bond motifs is 1. The van der Waals surface area contributed by atoms with E-state index in [4.69, 9.17) is 19.4 Å². The van der Waals surface area contributed by atoms with Crippen LogP contribution in [0.3, 0.4) is 0 Å². The number of Topliss-reactive ketones (excluding diaryl/α,β-unsaturated/α-hetero) is 1. The van der Waals surface area contributed by atoms with Gasteiger partial charge in [0.15, 0.2) is 5.78 Å². The number of carbonyl (C=O) groups is 5. The number of methoxy groups -OCH3 is 2. The highest BCUT2D eigenvalue weighted by Gasteiger charge is 2.41. The highest BCUT2D eigenvalue weighted by atomic mass is 16.5. The molecular weight excluding hydrogens is 704 g/mol. The molecule has 15 nitrogen and oxygen atoms in total. The summed E-state index contributed by atoms with van der Waals surface area (Å²) < 4.78 is 9.44. The van der Waals surface area contributed by atoms with Gasteiger partial charge in [-0.3, -0.25) is 14.4 Å². The number of ether oxygens (including phenoxy) is 2. The third-order valence-electron chi connectivity index (χ3n) is 10.0. The third-order valence-corrected chi connectivity index (χ3v) is 10.0. The molecule has 0 bridgehead atoms. The van der Waals surface area contributed by atoms with E-state index in [-0.39, 0.29) is 48.4 Å². The quantitative estimate of drug-likeness (QED) is 0.177. The lowest BCUT2D eigenvalue weighted by Crippen LogP contribution is -2.51. The molecular formula is C40H46N8O7. The van der Waals surface area contributed by atoms with Gasteiger partial charge in [0, 0.05) is 35.9 Å². The molecule has 4 atom stereocenters. The van der Waals surface area contributed by atoms with Crippen LogP contribution in [-0.4, -0.2) is 98.9 Å². The van der Waals surface area contributed by atoms with Crippen LogP contribution in [0, 0.1) is 23.7 Å². The first kappa shape index (κ1) is 38.6. The van der Waals surface area contributed by atoms with Gasteiger partial charge in [0.2, 0.25) is 11.8 Å². The number of aromatic nitrogens is 4. The summed E-state index contributed by atoms with van der Waals surface area (Å²) in [5.74, 6) is 6.59. The van der Waals surface area contributed by atoms with E-state index >= 15 is 0 Å². The lowest BCUT2D eigenvalue weighted by molar-refractivity contribution is -0.136. The second-order valence-electron chi connectivity index (χ2n) is 14.5. The van der Waals surface area contributed by atoms with Gasteiger partial charge in [-0.2, -0.15) is 0 Å².